The Balaban J connectivity index is 4.33. The second-order valence-electron chi connectivity index (χ2n) is 5.21. The summed E-state index contributed by atoms with van der Waals surface area (Å²) >= 11 is 0. The van der Waals surface area contributed by atoms with Gasteiger partial charge in [-0.15, -0.1) is 0 Å². The molecule has 0 radical (unpaired) electrons. The van der Waals surface area contributed by atoms with E-state index in [2.05, 4.69) is 4.72 Å². The zero-order valence-corrected chi connectivity index (χ0v) is 13.7. The predicted molar refractivity (Wildman–Crippen MR) is 79.7 cm³/mol. The van der Waals surface area contributed by atoms with Crippen LogP contribution in [0.25, 0.3) is 0 Å². The number of rotatable bonds is 11. The molecule has 0 amide bonds. The lowest BCUT2D eigenvalue weighted by Gasteiger charge is -2.22. The number of carboxylic acids is 1. The molecule has 0 aliphatic carbocycles. The molecule has 0 rings (SSSR count). The average molecular weight is 308 g/mol. The molecule has 0 bridgehead atoms. The molecule has 0 saturated carbocycles. The fraction of sp³-hybridized carbons (Fsp3) is 0.923. The Morgan fingerprint density at radius 2 is 1.75 bits per heavy atom. The van der Waals surface area contributed by atoms with Gasteiger partial charge in [0.05, 0.1) is 0 Å². The highest BCUT2D eigenvalue weighted by Gasteiger charge is 2.20. The highest BCUT2D eigenvalue weighted by Crippen LogP contribution is 2.20. The van der Waals surface area contributed by atoms with Gasteiger partial charge in [0.2, 0.25) is 0 Å². The van der Waals surface area contributed by atoms with Gasteiger partial charge in [-0.25, -0.2) is 4.72 Å². The van der Waals surface area contributed by atoms with Gasteiger partial charge in [0.25, 0.3) is 10.2 Å². The summed E-state index contributed by atoms with van der Waals surface area (Å²) in [6, 6.07) is 0. The first-order chi connectivity index (χ1) is 9.24. The number of nitrogens with one attached hydrogen (secondary N) is 1. The largest absolute Gasteiger partial charge is 0.481 e. The fourth-order valence-electron chi connectivity index (χ4n) is 2.15. The summed E-state index contributed by atoms with van der Waals surface area (Å²) in [5.41, 5.74) is 0. The van der Waals surface area contributed by atoms with Crippen LogP contribution in [0.2, 0.25) is 0 Å². The van der Waals surface area contributed by atoms with Crippen LogP contribution in [0, 0.1) is 11.8 Å². The van der Waals surface area contributed by atoms with Crippen LogP contribution in [0.5, 0.6) is 0 Å². The molecule has 0 aromatic heterocycles. The molecule has 0 fully saturated rings. The molecule has 6 nitrogen and oxygen atoms in total. The maximum absolute atomic E-state index is 11.9. The van der Waals surface area contributed by atoms with Gasteiger partial charge in [0.1, 0.15) is 0 Å². The molecule has 0 heterocycles. The van der Waals surface area contributed by atoms with E-state index >= 15 is 0 Å². The van der Waals surface area contributed by atoms with Crippen LogP contribution in [0.3, 0.4) is 0 Å². The van der Waals surface area contributed by atoms with Crippen molar-refractivity contribution in [1.29, 1.82) is 0 Å². The second-order valence-corrected chi connectivity index (χ2v) is 6.96. The van der Waals surface area contributed by atoms with E-state index < -0.39 is 16.2 Å². The van der Waals surface area contributed by atoms with Crippen molar-refractivity contribution in [3.8, 4) is 0 Å². The molecule has 120 valence electrons. The maximum Gasteiger partial charge on any atom is 0.303 e. The summed E-state index contributed by atoms with van der Waals surface area (Å²) in [7, 11) is -3.41. The Labute approximate surface area is 122 Å². The number of aliphatic carboxylic acids is 1. The predicted octanol–water partition coefficient (Wildman–Crippen LogP) is 1.69. The summed E-state index contributed by atoms with van der Waals surface area (Å²) < 4.78 is 27.8. The third kappa shape index (κ3) is 7.21. The summed E-state index contributed by atoms with van der Waals surface area (Å²) in [5.74, 6) is -0.253. The van der Waals surface area contributed by atoms with Crippen molar-refractivity contribution in [3.05, 3.63) is 0 Å². The van der Waals surface area contributed by atoms with E-state index in [-0.39, 0.29) is 12.3 Å². The topological polar surface area (TPSA) is 86.7 Å². The van der Waals surface area contributed by atoms with E-state index in [1.54, 1.807) is 13.8 Å². The first-order valence-electron chi connectivity index (χ1n) is 7.21. The van der Waals surface area contributed by atoms with E-state index in [0.717, 1.165) is 0 Å². The molecular weight excluding hydrogens is 280 g/mol. The summed E-state index contributed by atoms with van der Waals surface area (Å²) in [6.07, 6.45) is 1.37. The summed E-state index contributed by atoms with van der Waals surface area (Å²) in [6.45, 7) is 8.90. The minimum absolute atomic E-state index is 0.131. The molecule has 0 aliphatic heterocycles. The second kappa shape index (κ2) is 9.31. The Morgan fingerprint density at radius 3 is 2.15 bits per heavy atom. The van der Waals surface area contributed by atoms with Gasteiger partial charge in [-0.3, -0.25) is 4.79 Å². The molecule has 0 aromatic carbocycles. The molecule has 1 unspecified atom stereocenters. The van der Waals surface area contributed by atoms with Crippen molar-refractivity contribution in [2.24, 2.45) is 11.8 Å². The van der Waals surface area contributed by atoms with Crippen LogP contribution >= 0.6 is 0 Å². The lowest BCUT2D eigenvalue weighted by Crippen LogP contribution is -2.41. The minimum Gasteiger partial charge on any atom is -0.481 e. The zero-order valence-electron chi connectivity index (χ0n) is 12.9. The van der Waals surface area contributed by atoms with Crippen LogP contribution in [0.1, 0.15) is 47.0 Å². The van der Waals surface area contributed by atoms with Gasteiger partial charge >= 0.3 is 5.97 Å². The Bertz CT molecular complexity index is 378. The Kier molecular flexibility index (Phi) is 9.00. The van der Waals surface area contributed by atoms with E-state index in [4.69, 9.17) is 5.11 Å². The molecule has 1 atom stereocenters. The highest BCUT2D eigenvalue weighted by molar-refractivity contribution is 7.87. The molecule has 0 aliphatic rings. The summed E-state index contributed by atoms with van der Waals surface area (Å²) in [5, 5.41) is 8.72. The minimum atomic E-state index is -3.41. The normalized spacial score (nSPS) is 13.9. The molecule has 20 heavy (non-hydrogen) atoms. The van der Waals surface area contributed by atoms with Crippen LogP contribution in [-0.2, 0) is 15.0 Å². The number of nitrogens with zero attached hydrogens (tertiary/aromatic N) is 1. The van der Waals surface area contributed by atoms with Gasteiger partial charge in [0, 0.05) is 26.1 Å². The van der Waals surface area contributed by atoms with Crippen molar-refractivity contribution >= 4 is 16.2 Å². The zero-order chi connectivity index (χ0) is 15.8. The lowest BCUT2D eigenvalue weighted by molar-refractivity contribution is -0.137. The van der Waals surface area contributed by atoms with E-state index in [1.807, 2.05) is 13.8 Å². The smallest absolute Gasteiger partial charge is 0.303 e. The Hall–Kier alpha value is -0.660. The van der Waals surface area contributed by atoms with Gasteiger partial charge < -0.3 is 5.11 Å². The van der Waals surface area contributed by atoms with E-state index in [9.17, 15) is 13.2 Å². The lowest BCUT2D eigenvalue weighted by atomic mass is 9.88. The number of carboxylic acid groups (broad SMARTS) is 1. The number of hydrogen-bond donors (Lipinski definition) is 2. The van der Waals surface area contributed by atoms with Crippen LogP contribution in [0.15, 0.2) is 0 Å². The molecular formula is C13H28N2O4S. The van der Waals surface area contributed by atoms with Gasteiger partial charge in [-0.1, -0.05) is 27.7 Å². The molecule has 7 heteroatoms. The van der Waals surface area contributed by atoms with Gasteiger partial charge in [0.15, 0.2) is 0 Å². The van der Waals surface area contributed by atoms with Crippen molar-refractivity contribution in [2.75, 3.05) is 19.6 Å². The number of carbonyl (C=O) groups is 1. The molecule has 0 spiro atoms. The van der Waals surface area contributed by atoms with Crippen molar-refractivity contribution in [3.63, 3.8) is 0 Å². The molecule has 0 saturated heterocycles. The maximum atomic E-state index is 11.9. The van der Waals surface area contributed by atoms with Gasteiger partial charge in [-0.2, -0.15) is 12.7 Å². The standard InChI is InChI=1S/C13H28N2O4S/c1-5-15(6-2)20(18,19)14-10-9-12(11(3)4)7-8-13(16)17/h11-12,14H,5-10H2,1-4H3,(H,16,17). The fourth-order valence-corrected chi connectivity index (χ4v) is 3.39. The van der Waals surface area contributed by atoms with E-state index in [1.165, 1.54) is 4.31 Å². The third-order valence-corrected chi connectivity index (χ3v) is 5.28. The molecule has 0 aromatic rings. The van der Waals surface area contributed by atoms with Crippen molar-refractivity contribution in [2.45, 2.75) is 47.0 Å². The number of hydrogen-bond acceptors (Lipinski definition) is 3. The van der Waals surface area contributed by atoms with E-state index in [0.29, 0.717) is 38.4 Å². The highest BCUT2D eigenvalue weighted by atomic mass is 32.2. The SMILES string of the molecule is CCN(CC)S(=O)(=O)NCCC(CCC(=O)O)C(C)C. The monoisotopic (exact) mass is 308 g/mol. The average Bonchev–Trinajstić information content (AvgIpc) is 2.33. The Morgan fingerprint density at radius 1 is 1.20 bits per heavy atom. The summed E-state index contributed by atoms with van der Waals surface area (Å²) in [4.78, 5) is 10.6. The van der Waals surface area contributed by atoms with Gasteiger partial charge in [-0.05, 0) is 24.7 Å². The van der Waals surface area contributed by atoms with Crippen LogP contribution in [-0.4, -0.2) is 43.4 Å². The van der Waals surface area contributed by atoms with Crippen LogP contribution in [0.4, 0.5) is 0 Å². The third-order valence-electron chi connectivity index (χ3n) is 3.52. The first-order valence-corrected chi connectivity index (χ1v) is 8.65. The first kappa shape index (κ1) is 19.3. The van der Waals surface area contributed by atoms with Crippen molar-refractivity contribution in [1.82, 2.24) is 9.03 Å². The quantitative estimate of drug-likeness (QED) is 0.608. The molecule has 2 N–H and O–H groups in total. The van der Waals surface area contributed by atoms with Crippen LogP contribution < -0.4 is 4.72 Å². The van der Waals surface area contributed by atoms with Crippen molar-refractivity contribution < 1.29 is 18.3 Å².